The topological polar surface area (TPSA) is 43.1 Å². The minimum absolute atomic E-state index is 0.219. The summed E-state index contributed by atoms with van der Waals surface area (Å²) >= 11 is 0. The van der Waals surface area contributed by atoms with E-state index in [0.29, 0.717) is 12.1 Å². The molecule has 2 heteroatoms. The summed E-state index contributed by atoms with van der Waals surface area (Å²) in [5, 5.41) is 4.58. The van der Waals surface area contributed by atoms with Gasteiger partial charge in [0.15, 0.2) is 5.78 Å². The van der Waals surface area contributed by atoms with Gasteiger partial charge >= 0.3 is 0 Å². The number of carbonyl (C=O) groups is 1. The van der Waals surface area contributed by atoms with Gasteiger partial charge < -0.3 is 5.73 Å². The zero-order valence-corrected chi connectivity index (χ0v) is 10.4. The lowest BCUT2D eigenvalue weighted by Gasteiger charge is -2.11. The summed E-state index contributed by atoms with van der Waals surface area (Å²) in [6, 6.07) is 14.3. The molecule has 2 nitrogen and oxygen atoms in total. The molecule has 0 unspecified atom stereocenters. The summed E-state index contributed by atoms with van der Waals surface area (Å²) in [7, 11) is 0. The van der Waals surface area contributed by atoms with Crippen molar-refractivity contribution in [3.05, 3.63) is 53.6 Å². The van der Waals surface area contributed by atoms with Gasteiger partial charge in [0.2, 0.25) is 0 Å². The molecule has 19 heavy (non-hydrogen) atoms. The molecule has 0 aliphatic heterocycles. The van der Waals surface area contributed by atoms with Crippen LogP contribution in [0.25, 0.3) is 21.5 Å². The zero-order valence-electron chi connectivity index (χ0n) is 10.4. The van der Waals surface area contributed by atoms with Crippen LogP contribution in [0.15, 0.2) is 42.5 Å². The molecule has 1 aliphatic carbocycles. The lowest BCUT2D eigenvalue weighted by molar-refractivity contribution is 0.0994. The molecular weight excluding hydrogens is 234 g/mol. The molecule has 0 spiro atoms. The van der Waals surface area contributed by atoms with Crippen molar-refractivity contribution >= 4 is 33.0 Å². The van der Waals surface area contributed by atoms with Crippen molar-refractivity contribution in [2.75, 3.05) is 5.73 Å². The smallest absolute Gasteiger partial charge is 0.163 e. The highest BCUT2D eigenvalue weighted by Crippen LogP contribution is 2.37. The Morgan fingerprint density at radius 2 is 1.79 bits per heavy atom. The molecule has 0 fully saturated rings. The van der Waals surface area contributed by atoms with Crippen LogP contribution in [-0.2, 0) is 6.42 Å². The molecule has 0 atom stereocenters. The van der Waals surface area contributed by atoms with Crippen LogP contribution in [0.3, 0.4) is 0 Å². The Bertz CT molecular complexity index is 849. The van der Waals surface area contributed by atoms with Gasteiger partial charge in [0, 0.05) is 23.1 Å². The van der Waals surface area contributed by atoms with Gasteiger partial charge in [-0.05, 0) is 34.2 Å². The van der Waals surface area contributed by atoms with E-state index in [-0.39, 0.29) is 5.78 Å². The van der Waals surface area contributed by atoms with E-state index in [1.165, 1.54) is 16.3 Å². The Kier molecular flexibility index (Phi) is 1.99. The van der Waals surface area contributed by atoms with E-state index in [1.54, 1.807) is 0 Å². The first-order valence-corrected chi connectivity index (χ1v) is 6.52. The number of aryl methyl sites for hydroxylation is 1. The van der Waals surface area contributed by atoms with Gasteiger partial charge in [-0.1, -0.05) is 36.4 Å². The van der Waals surface area contributed by atoms with Crippen LogP contribution < -0.4 is 5.73 Å². The summed E-state index contributed by atoms with van der Waals surface area (Å²) in [6.07, 6.45) is 1.45. The average Bonchev–Trinajstić information content (AvgIpc) is 2.80. The van der Waals surface area contributed by atoms with Gasteiger partial charge in [0.25, 0.3) is 0 Å². The number of fused-ring (bicyclic) bond motifs is 5. The SMILES string of the molecule is Nc1cc2c(c3ccc4ccccc4c13)CCC2=O. The minimum Gasteiger partial charge on any atom is -0.398 e. The monoisotopic (exact) mass is 247 g/mol. The predicted octanol–water partition coefficient (Wildman–Crippen LogP) is 3.70. The Labute approximate surface area is 110 Å². The van der Waals surface area contributed by atoms with E-state index in [4.69, 9.17) is 5.73 Å². The number of Topliss-reactive ketones (excluding diaryl/α,β-unsaturated/α-hetero) is 1. The zero-order chi connectivity index (χ0) is 13.0. The molecule has 0 bridgehead atoms. The fourth-order valence-electron chi connectivity index (χ4n) is 3.19. The Morgan fingerprint density at radius 1 is 0.947 bits per heavy atom. The molecule has 3 aromatic rings. The molecule has 1 aliphatic rings. The Hall–Kier alpha value is -2.35. The maximum atomic E-state index is 11.9. The van der Waals surface area contributed by atoms with Gasteiger partial charge in [-0.25, -0.2) is 0 Å². The largest absolute Gasteiger partial charge is 0.398 e. The van der Waals surface area contributed by atoms with Crippen molar-refractivity contribution in [1.29, 1.82) is 0 Å². The summed E-state index contributed by atoms with van der Waals surface area (Å²) in [5.41, 5.74) is 8.90. The standard InChI is InChI=1S/C17H13NO/c18-15-9-14-12(7-8-16(14)19)13-6-5-10-3-1-2-4-11(10)17(13)15/h1-6,9H,7-8,18H2. The van der Waals surface area contributed by atoms with Crippen molar-refractivity contribution < 1.29 is 4.79 Å². The number of carbonyl (C=O) groups excluding carboxylic acids is 1. The van der Waals surface area contributed by atoms with Gasteiger partial charge in [-0.3, -0.25) is 4.79 Å². The number of hydrogen-bond acceptors (Lipinski definition) is 2. The first-order valence-electron chi connectivity index (χ1n) is 6.52. The lowest BCUT2D eigenvalue weighted by atomic mass is 9.94. The van der Waals surface area contributed by atoms with Crippen molar-refractivity contribution in [2.24, 2.45) is 0 Å². The maximum Gasteiger partial charge on any atom is 0.163 e. The second-order valence-corrected chi connectivity index (χ2v) is 5.12. The van der Waals surface area contributed by atoms with E-state index in [0.717, 1.165) is 22.8 Å². The number of ketones is 1. The number of hydrogen-bond donors (Lipinski definition) is 1. The molecule has 3 aromatic carbocycles. The molecule has 92 valence electrons. The maximum absolute atomic E-state index is 11.9. The number of anilines is 1. The van der Waals surface area contributed by atoms with Crippen molar-refractivity contribution in [3.63, 3.8) is 0 Å². The fraction of sp³-hybridized carbons (Fsp3) is 0.118. The number of nitrogens with two attached hydrogens (primary N) is 1. The van der Waals surface area contributed by atoms with Crippen LogP contribution in [0.4, 0.5) is 5.69 Å². The van der Waals surface area contributed by atoms with E-state index >= 15 is 0 Å². The first kappa shape index (κ1) is 10.6. The van der Waals surface area contributed by atoms with E-state index in [1.807, 2.05) is 18.2 Å². The minimum atomic E-state index is 0.219. The molecule has 0 amide bonds. The van der Waals surface area contributed by atoms with Crippen molar-refractivity contribution in [2.45, 2.75) is 12.8 Å². The Balaban J connectivity index is 2.26. The molecule has 2 N–H and O–H groups in total. The van der Waals surface area contributed by atoms with Crippen molar-refractivity contribution in [1.82, 2.24) is 0 Å². The number of nitrogen functional groups attached to an aromatic ring is 1. The van der Waals surface area contributed by atoms with Crippen LogP contribution in [0.5, 0.6) is 0 Å². The summed E-state index contributed by atoms with van der Waals surface area (Å²) < 4.78 is 0. The third kappa shape index (κ3) is 1.34. The van der Waals surface area contributed by atoms with Crippen LogP contribution in [-0.4, -0.2) is 5.78 Å². The normalized spacial score (nSPS) is 14.2. The average molecular weight is 247 g/mol. The van der Waals surface area contributed by atoms with Gasteiger partial charge in [0.05, 0.1) is 0 Å². The van der Waals surface area contributed by atoms with Crippen LogP contribution in [0.1, 0.15) is 22.3 Å². The molecular formula is C17H13NO. The van der Waals surface area contributed by atoms with Crippen LogP contribution >= 0.6 is 0 Å². The highest BCUT2D eigenvalue weighted by Gasteiger charge is 2.23. The molecule has 0 saturated heterocycles. The third-order valence-electron chi connectivity index (χ3n) is 4.07. The molecule has 4 rings (SSSR count). The van der Waals surface area contributed by atoms with Crippen molar-refractivity contribution in [3.8, 4) is 0 Å². The second kappa shape index (κ2) is 3.58. The Morgan fingerprint density at radius 3 is 2.68 bits per heavy atom. The molecule has 0 saturated carbocycles. The van der Waals surface area contributed by atoms with E-state index in [9.17, 15) is 4.79 Å². The summed E-state index contributed by atoms with van der Waals surface area (Å²) in [4.78, 5) is 11.9. The molecule has 0 heterocycles. The fourth-order valence-corrected chi connectivity index (χ4v) is 3.19. The van der Waals surface area contributed by atoms with Gasteiger partial charge in [-0.2, -0.15) is 0 Å². The van der Waals surface area contributed by atoms with Gasteiger partial charge in [-0.15, -0.1) is 0 Å². The van der Waals surface area contributed by atoms with Crippen LogP contribution in [0.2, 0.25) is 0 Å². The number of benzene rings is 3. The predicted molar refractivity (Wildman–Crippen MR) is 78.5 cm³/mol. The van der Waals surface area contributed by atoms with E-state index < -0.39 is 0 Å². The second-order valence-electron chi connectivity index (χ2n) is 5.12. The third-order valence-corrected chi connectivity index (χ3v) is 4.07. The molecule has 0 radical (unpaired) electrons. The van der Waals surface area contributed by atoms with Crippen LogP contribution in [0, 0.1) is 0 Å². The highest BCUT2D eigenvalue weighted by atomic mass is 16.1. The molecule has 0 aromatic heterocycles. The quantitative estimate of drug-likeness (QED) is 0.486. The first-order chi connectivity index (χ1) is 9.25. The van der Waals surface area contributed by atoms with E-state index in [2.05, 4.69) is 24.3 Å². The summed E-state index contributed by atoms with van der Waals surface area (Å²) in [5.74, 6) is 0.219. The highest BCUT2D eigenvalue weighted by molar-refractivity contribution is 6.17. The van der Waals surface area contributed by atoms with Gasteiger partial charge in [0.1, 0.15) is 0 Å². The summed E-state index contributed by atoms with van der Waals surface area (Å²) in [6.45, 7) is 0. The lowest BCUT2D eigenvalue weighted by Crippen LogP contribution is -1.96. The number of rotatable bonds is 0.